The standard InChI is InChI=1S/C11H8O3.2CH4/c12-10-4-3-7-5-9(11(13)14)2-1-8(7)6-10;;/h1-6,12H,(H,13,14);2*1H4. The van der Waals surface area contributed by atoms with Crippen LogP contribution in [0.25, 0.3) is 10.8 Å². The first-order valence-corrected chi connectivity index (χ1v) is 4.13. The van der Waals surface area contributed by atoms with Gasteiger partial charge in [0.1, 0.15) is 5.75 Å². The lowest BCUT2D eigenvalue weighted by Crippen LogP contribution is -1.94. The molecule has 0 spiro atoms. The molecular formula is C13H16O3. The number of aromatic carboxylic acids is 1. The Morgan fingerprint density at radius 1 is 0.938 bits per heavy atom. The number of phenolic OH excluding ortho intramolecular Hbond substituents is 1. The lowest BCUT2D eigenvalue weighted by molar-refractivity contribution is 0.0697. The van der Waals surface area contributed by atoms with Gasteiger partial charge in [0, 0.05) is 0 Å². The molecule has 3 nitrogen and oxygen atoms in total. The summed E-state index contributed by atoms with van der Waals surface area (Å²) in [6.45, 7) is 0. The van der Waals surface area contributed by atoms with Crippen LogP contribution in [0.5, 0.6) is 5.75 Å². The first kappa shape index (κ1) is 14.0. The van der Waals surface area contributed by atoms with Gasteiger partial charge in [-0.05, 0) is 35.0 Å². The second-order valence-corrected chi connectivity index (χ2v) is 3.05. The maximum atomic E-state index is 10.7. The molecule has 0 aliphatic heterocycles. The Labute approximate surface area is 95.0 Å². The van der Waals surface area contributed by atoms with E-state index in [2.05, 4.69) is 0 Å². The summed E-state index contributed by atoms with van der Waals surface area (Å²) >= 11 is 0. The van der Waals surface area contributed by atoms with Gasteiger partial charge in [0.25, 0.3) is 0 Å². The van der Waals surface area contributed by atoms with Crippen molar-refractivity contribution in [2.45, 2.75) is 14.9 Å². The number of rotatable bonds is 1. The van der Waals surface area contributed by atoms with Crippen molar-refractivity contribution in [2.75, 3.05) is 0 Å². The van der Waals surface area contributed by atoms with Gasteiger partial charge in [-0.15, -0.1) is 0 Å². The van der Waals surface area contributed by atoms with E-state index in [9.17, 15) is 9.90 Å². The quantitative estimate of drug-likeness (QED) is 0.773. The molecular weight excluding hydrogens is 204 g/mol. The molecule has 86 valence electrons. The maximum Gasteiger partial charge on any atom is 0.335 e. The van der Waals surface area contributed by atoms with Crippen molar-refractivity contribution in [3.63, 3.8) is 0 Å². The number of carboxylic acid groups (broad SMARTS) is 1. The Kier molecular flexibility index (Phi) is 4.51. The monoisotopic (exact) mass is 220 g/mol. The van der Waals surface area contributed by atoms with Crippen molar-refractivity contribution in [3.8, 4) is 5.75 Å². The topological polar surface area (TPSA) is 57.5 Å². The van der Waals surface area contributed by atoms with Crippen LogP contribution in [0.2, 0.25) is 0 Å². The Balaban J connectivity index is 0.00000112. The molecule has 0 unspecified atom stereocenters. The molecule has 0 heterocycles. The zero-order valence-electron chi connectivity index (χ0n) is 7.27. The van der Waals surface area contributed by atoms with E-state index >= 15 is 0 Å². The highest BCUT2D eigenvalue weighted by molar-refractivity contribution is 5.94. The third-order valence-corrected chi connectivity index (χ3v) is 2.07. The number of carbonyl (C=O) groups is 1. The second kappa shape index (κ2) is 5.16. The van der Waals surface area contributed by atoms with E-state index in [4.69, 9.17) is 5.11 Å². The van der Waals surface area contributed by atoms with Gasteiger partial charge >= 0.3 is 5.97 Å². The summed E-state index contributed by atoms with van der Waals surface area (Å²) in [4.78, 5) is 10.7. The number of carboxylic acids is 1. The molecule has 0 saturated heterocycles. The zero-order valence-corrected chi connectivity index (χ0v) is 7.27. The summed E-state index contributed by atoms with van der Waals surface area (Å²) in [5.41, 5.74) is 0.253. The van der Waals surface area contributed by atoms with Gasteiger partial charge in [-0.1, -0.05) is 27.0 Å². The number of hydrogen-bond donors (Lipinski definition) is 2. The Bertz CT molecular complexity index is 504. The summed E-state index contributed by atoms with van der Waals surface area (Å²) in [5, 5.41) is 19.6. The van der Waals surface area contributed by atoms with Gasteiger partial charge in [0.05, 0.1) is 5.56 Å². The highest BCUT2D eigenvalue weighted by Gasteiger charge is 2.03. The molecule has 0 amide bonds. The van der Waals surface area contributed by atoms with Crippen molar-refractivity contribution >= 4 is 16.7 Å². The number of phenols is 1. The predicted molar refractivity (Wildman–Crippen MR) is 66.0 cm³/mol. The van der Waals surface area contributed by atoms with E-state index in [0.29, 0.717) is 0 Å². The summed E-state index contributed by atoms with van der Waals surface area (Å²) in [6, 6.07) is 9.60. The third-order valence-electron chi connectivity index (χ3n) is 2.07. The molecule has 0 bridgehead atoms. The number of hydrogen-bond acceptors (Lipinski definition) is 2. The molecule has 2 rings (SSSR count). The summed E-state index contributed by atoms with van der Waals surface area (Å²) in [7, 11) is 0. The van der Waals surface area contributed by atoms with E-state index in [1.807, 2.05) is 0 Å². The van der Waals surface area contributed by atoms with E-state index in [-0.39, 0.29) is 26.2 Å². The van der Waals surface area contributed by atoms with Crippen molar-refractivity contribution in [1.82, 2.24) is 0 Å². The van der Waals surface area contributed by atoms with Crippen LogP contribution in [-0.4, -0.2) is 16.2 Å². The van der Waals surface area contributed by atoms with Gasteiger partial charge in [-0.25, -0.2) is 4.79 Å². The van der Waals surface area contributed by atoms with Crippen LogP contribution in [-0.2, 0) is 0 Å². The van der Waals surface area contributed by atoms with Crippen molar-refractivity contribution in [2.24, 2.45) is 0 Å². The molecule has 0 aliphatic rings. The molecule has 16 heavy (non-hydrogen) atoms. The predicted octanol–water partition coefficient (Wildman–Crippen LogP) is 3.52. The molecule has 0 saturated carbocycles. The Morgan fingerprint density at radius 3 is 2.12 bits per heavy atom. The minimum Gasteiger partial charge on any atom is -0.508 e. The van der Waals surface area contributed by atoms with E-state index < -0.39 is 5.97 Å². The maximum absolute atomic E-state index is 10.7. The molecule has 2 aromatic rings. The molecule has 2 N–H and O–H groups in total. The average Bonchev–Trinajstić information content (AvgIpc) is 2.16. The van der Waals surface area contributed by atoms with Gasteiger partial charge in [-0.2, -0.15) is 0 Å². The minimum absolute atomic E-state index is 0. The van der Waals surface area contributed by atoms with E-state index in [1.165, 1.54) is 12.1 Å². The number of aromatic hydroxyl groups is 1. The van der Waals surface area contributed by atoms with Crippen LogP contribution in [0.15, 0.2) is 36.4 Å². The lowest BCUT2D eigenvalue weighted by Gasteiger charge is -2.00. The molecule has 0 aromatic heterocycles. The molecule has 2 aromatic carbocycles. The summed E-state index contributed by atoms with van der Waals surface area (Å²) in [6.07, 6.45) is 0. The summed E-state index contributed by atoms with van der Waals surface area (Å²) in [5.74, 6) is -0.763. The molecule has 0 fully saturated rings. The minimum atomic E-state index is -0.944. The number of fused-ring (bicyclic) bond motifs is 1. The highest BCUT2D eigenvalue weighted by atomic mass is 16.4. The van der Waals surface area contributed by atoms with Gasteiger partial charge in [-0.3, -0.25) is 0 Å². The zero-order chi connectivity index (χ0) is 10.1. The third kappa shape index (κ3) is 2.51. The fourth-order valence-electron chi connectivity index (χ4n) is 1.37. The van der Waals surface area contributed by atoms with E-state index in [0.717, 1.165) is 10.8 Å². The second-order valence-electron chi connectivity index (χ2n) is 3.05. The van der Waals surface area contributed by atoms with Gasteiger partial charge in [0.15, 0.2) is 0 Å². The van der Waals surface area contributed by atoms with Crippen LogP contribution in [0.1, 0.15) is 25.2 Å². The number of benzene rings is 2. The largest absolute Gasteiger partial charge is 0.508 e. The average molecular weight is 220 g/mol. The summed E-state index contributed by atoms with van der Waals surface area (Å²) < 4.78 is 0. The van der Waals surface area contributed by atoms with Gasteiger partial charge in [0.2, 0.25) is 0 Å². The van der Waals surface area contributed by atoms with Crippen LogP contribution < -0.4 is 0 Å². The first-order chi connectivity index (χ1) is 6.66. The van der Waals surface area contributed by atoms with E-state index in [1.54, 1.807) is 24.3 Å². The van der Waals surface area contributed by atoms with Crippen LogP contribution >= 0.6 is 0 Å². The fraction of sp³-hybridized carbons (Fsp3) is 0.154. The van der Waals surface area contributed by atoms with Crippen LogP contribution in [0.3, 0.4) is 0 Å². The molecule has 0 atom stereocenters. The van der Waals surface area contributed by atoms with Crippen LogP contribution in [0.4, 0.5) is 0 Å². The molecule has 0 aliphatic carbocycles. The smallest absolute Gasteiger partial charge is 0.335 e. The SMILES string of the molecule is C.C.O=C(O)c1ccc2cc(O)ccc2c1. The fourth-order valence-corrected chi connectivity index (χ4v) is 1.37. The van der Waals surface area contributed by atoms with Crippen molar-refractivity contribution in [1.29, 1.82) is 0 Å². The van der Waals surface area contributed by atoms with Crippen LogP contribution in [0, 0.1) is 0 Å². The molecule has 3 heteroatoms. The Morgan fingerprint density at radius 2 is 1.50 bits per heavy atom. The van der Waals surface area contributed by atoms with Gasteiger partial charge < -0.3 is 10.2 Å². The lowest BCUT2D eigenvalue weighted by atomic mass is 10.1. The normalized spacial score (nSPS) is 9.00. The highest BCUT2D eigenvalue weighted by Crippen LogP contribution is 2.20. The first-order valence-electron chi connectivity index (χ1n) is 4.13. The van der Waals surface area contributed by atoms with Crippen molar-refractivity contribution < 1.29 is 15.0 Å². The molecule has 0 radical (unpaired) electrons. The Hall–Kier alpha value is -2.03. The van der Waals surface area contributed by atoms with Crippen molar-refractivity contribution in [3.05, 3.63) is 42.0 Å².